The smallest absolute Gasteiger partial charge is 0.0715 e. The Balaban J connectivity index is 1.24. The summed E-state index contributed by atoms with van der Waals surface area (Å²) in [7, 11) is 0. The van der Waals surface area contributed by atoms with Crippen molar-refractivity contribution in [1.29, 1.82) is 0 Å². The van der Waals surface area contributed by atoms with Crippen molar-refractivity contribution in [2.75, 3.05) is 0 Å². The fourth-order valence-electron chi connectivity index (χ4n) is 7.77. The van der Waals surface area contributed by atoms with Crippen molar-refractivity contribution in [2.45, 2.75) is 19.3 Å². The van der Waals surface area contributed by atoms with Gasteiger partial charge in [-0.25, -0.2) is 4.98 Å². The zero-order valence-electron chi connectivity index (χ0n) is 27.5. The number of fused-ring (bicyclic) bond motifs is 6. The minimum absolute atomic E-state index is 0.504. The summed E-state index contributed by atoms with van der Waals surface area (Å²) in [6.45, 7) is 2.36. The number of allylic oxidation sites excluding steroid dienone is 1. The van der Waals surface area contributed by atoms with E-state index in [2.05, 4.69) is 183 Å². The molecular formula is C48H35N. The highest BCUT2D eigenvalue weighted by molar-refractivity contribution is 6.14. The molecule has 232 valence electrons. The SMILES string of the molecule is CC1CC=Cc2c1c1ccccc1c1cc(-c3ccccc3-c3ccccc3-c3cc(-c4ccccc4)nc(-c4ccccc4)c3)ccc21. The largest absolute Gasteiger partial charge is 0.248 e. The van der Waals surface area contributed by atoms with Gasteiger partial charge >= 0.3 is 0 Å². The van der Waals surface area contributed by atoms with Crippen LogP contribution in [0.1, 0.15) is 30.4 Å². The van der Waals surface area contributed by atoms with Crippen molar-refractivity contribution in [3.05, 3.63) is 181 Å². The molecule has 0 saturated carbocycles. The van der Waals surface area contributed by atoms with Crippen LogP contribution in [0.4, 0.5) is 0 Å². The van der Waals surface area contributed by atoms with E-state index in [1.165, 1.54) is 60.5 Å². The Kier molecular flexibility index (Phi) is 7.25. The molecule has 8 aromatic rings. The van der Waals surface area contributed by atoms with Crippen molar-refractivity contribution < 1.29 is 0 Å². The van der Waals surface area contributed by atoms with Gasteiger partial charge < -0.3 is 0 Å². The fraction of sp³-hybridized carbons (Fsp3) is 0.0625. The number of hydrogen-bond acceptors (Lipinski definition) is 1. The van der Waals surface area contributed by atoms with E-state index in [4.69, 9.17) is 4.98 Å². The molecule has 0 saturated heterocycles. The number of nitrogens with zero attached hydrogens (tertiary/aromatic N) is 1. The van der Waals surface area contributed by atoms with E-state index in [0.717, 1.165) is 34.5 Å². The van der Waals surface area contributed by atoms with Gasteiger partial charge in [-0.3, -0.25) is 0 Å². The highest BCUT2D eigenvalue weighted by Gasteiger charge is 2.21. The van der Waals surface area contributed by atoms with E-state index < -0.39 is 0 Å². The summed E-state index contributed by atoms with van der Waals surface area (Å²) in [6.07, 6.45) is 5.77. The van der Waals surface area contributed by atoms with Gasteiger partial charge in [-0.15, -0.1) is 0 Å². The molecule has 0 fully saturated rings. The Labute approximate surface area is 287 Å². The van der Waals surface area contributed by atoms with Crippen LogP contribution >= 0.6 is 0 Å². The van der Waals surface area contributed by atoms with Crippen molar-refractivity contribution in [3.8, 4) is 55.9 Å². The molecule has 1 heteroatoms. The van der Waals surface area contributed by atoms with Crippen LogP contribution in [-0.4, -0.2) is 4.98 Å². The molecule has 1 aliphatic carbocycles. The molecular weight excluding hydrogens is 591 g/mol. The summed E-state index contributed by atoms with van der Waals surface area (Å²) in [6, 6.07) is 59.2. The average Bonchev–Trinajstić information content (AvgIpc) is 3.18. The summed E-state index contributed by atoms with van der Waals surface area (Å²) < 4.78 is 0. The zero-order valence-corrected chi connectivity index (χ0v) is 27.5. The van der Waals surface area contributed by atoms with Gasteiger partial charge in [0.25, 0.3) is 0 Å². The van der Waals surface area contributed by atoms with Crippen molar-refractivity contribution in [1.82, 2.24) is 4.98 Å². The summed E-state index contributed by atoms with van der Waals surface area (Å²) in [5.41, 5.74) is 14.2. The molecule has 1 nitrogen and oxygen atoms in total. The third-order valence-electron chi connectivity index (χ3n) is 10.1. The minimum Gasteiger partial charge on any atom is -0.248 e. The standard InChI is InChI=1S/C48H35N/c1-32-15-14-26-44-42-28-27-35(29-45(42)41-24-12-13-25-43(41)48(32)44)37-20-8-10-22-39(37)40-23-11-9-21-38(40)36-30-46(33-16-4-2-5-17-33)49-47(31-36)34-18-6-3-7-19-34/h2-14,16-32H,15H2,1H3. The third kappa shape index (κ3) is 5.16. The van der Waals surface area contributed by atoms with E-state index in [0.29, 0.717) is 5.92 Å². The molecule has 1 atom stereocenters. The van der Waals surface area contributed by atoms with Gasteiger partial charge in [-0.1, -0.05) is 165 Å². The lowest BCUT2D eigenvalue weighted by Crippen LogP contribution is -2.02. The summed E-state index contributed by atoms with van der Waals surface area (Å²) in [5, 5.41) is 5.34. The minimum atomic E-state index is 0.504. The predicted molar refractivity (Wildman–Crippen MR) is 208 cm³/mol. The Morgan fingerprint density at radius 2 is 0.959 bits per heavy atom. The number of hydrogen-bond donors (Lipinski definition) is 0. The number of aromatic nitrogens is 1. The van der Waals surface area contributed by atoms with E-state index >= 15 is 0 Å². The van der Waals surface area contributed by atoms with Crippen LogP contribution in [0.5, 0.6) is 0 Å². The molecule has 1 heterocycles. The Morgan fingerprint density at radius 1 is 0.429 bits per heavy atom. The third-order valence-corrected chi connectivity index (χ3v) is 10.1. The van der Waals surface area contributed by atoms with Gasteiger partial charge in [0.05, 0.1) is 11.4 Å². The highest BCUT2D eigenvalue weighted by atomic mass is 14.7. The van der Waals surface area contributed by atoms with Crippen LogP contribution in [0.3, 0.4) is 0 Å². The van der Waals surface area contributed by atoms with Crippen LogP contribution in [-0.2, 0) is 0 Å². The van der Waals surface area contributed by atoms with Gasteiger partial charge in [0, 0.05) is 11.1 Å². The number of benzene rings is 7. The first-order chi connectivity index (χ1) is 24.2. The molecule has 0 N–H and O–H groups in total. The second-order valence-electron chi connectivity index (χ2n) is 13.1. The highest BCUT2D eigenvalue weighted by Crippen LogP contribution is 2.44. The van der Waals surface area contributed by atoms with Gasteiger partial charge in [0.2, 0.25) is 0 Å². The van der Waals surface area contributed by atoms with Gasteiger partial charge in [-0.05, 0) is 96.6 Å². The van der Waals surface area contributed by atoms with Crippen LogP contribution in [0, 0.1) is 0 Å². The monoisotopic (exact) mass is 625 g/mol. The second-order valence-corrected chi connectivity index (χ2v) is 13.1. The molecule has 49 heavy (non-hydrogen) atoms. The topological polar surface area (TPSA) is 12.9 Å². The van der Waals surface area contributed by atoms with Gasteiger partial charge in [-0.2, -0.15) is 0 Å². The van der Waals surface area contributed by atoms with Crippen LogP contribution < -0.4 is 0 Å². The van der Waals surface area contributed by atoms with E-state index in [-0.39, 0.29) is 0 Å². The maximum atomic E-state index is 5.15. The van der Waals surface area contributed by atoms with Crippen LogP contribution in [0.15, 0.2) is 170 Å². The van der Waals surface area contributed by atoms with Crippen LogP contribution in [0.2, 0.25) is 0 Å². The molecule has 9 rings (SSSR count). The lowest BCUT2D eigenvalue weighted by atomic mass is 9.80. The lowest BCUT2D eigenvalue weighted by Gasteiger charge is -2.23. The first kappa shape index (κ1) is 29.1. The quantitative estimate of drug-likeness (QED) is 0.173. The van der Waals surface area contributed by atoms with Crippen molar-refractivity contribution in [2.24, 2.45) is 0 Å². The first-order valence-corrected chi connectivity index (χ1v) is 17.2. The summed E-state index contributed by atoms with van der Waals surface area (Å²) >= 11 is 0. The molecule has 0 radical (unpaired) electrons. The summed E-state index contributed by atoms with van der Waals surface area (Å²) in [5.74, 6) is 0.504. The zero-order chi connectivity index (χ0) is 32.7. The molecule has 0 spiro atoms. The Bertz CT molecular complexity index is 2470. The molecule has 1 aromatic heterocycles. The van der Waals surface area contributed by atoms with Crippen molar-refractivity contribution >= 4 is 27.6 Å². The lowest BCUT2D eigenvalue weighted by molar-refractivity contribution is 0.781. The number of rotatable bonds is 5. The average molecular weight is 626 g/mol. The normalized spacial score (nSPS) is 13.9. The predicted octanol–water partition coefficient (Wildman–Crippen LogP) is 13.2. The molecule has 0 amide bonds. The maximum Gasteiger partial charge on any atom is 0.0715 e. The maximum absolute atomic E-state index is 5.15. The Hall–Kier alpha value is -6.05. The molecule has 1 unspecified atom stereocenters. The first-order valence-electron chi connectivity index (χ1n) is 17.2. The van der Waals surface area contributed by atoms with E-state index in [1.807, 2.05) is 0 Å². The molecule has 7 aromatic carbocycles. The second kappa shape index (κ2) is 12.2. The fourth-order valence-corrected chi connectivity index (χ4v) is 7.77. The molecule has 0 bridgehead atoms. The van der Waals surface area contributed by atoms with Crippen LogP contribution in [0.25, 0.3) is 83.5 Å². The van der Waals surface area contributed by atoms with Gasteiger partial charge in [0.1, 0.15) is 0 Å². The Morgan fingerprint density at radius 3 is 1.59 bits per heavy atom. The van der Waals surface area contributed by atoms with Gasteiger partial charge in [0.15, 0.2) is 0 Å². The molecule has 1 aliphatic rings. The molecule has 0 aliphatic heterocycles. The number of pyridine rings is 1. The van der Waals surface area contributed by atoms with E-state index in [9.17, 15) is 0 Å². The van der Waals surface area contributed by atoms with Crippen molar-refractivity contribution in [3.63, 3.8) is 0 Å². The summed E-state index contributed by atoms with van der Waals surface area (Å²) in [4.78, 5) is 5.15. The van der Waals surface area contributed by atoms with E-state index in [1.54, 1.807) is 0 Å².